The Balaban J connectivity index is 2.12. The number of ether oxygens (including phenoxy) is 1. The molecule has 1 N–H and O–H groups in total. The summed E-state index contributed by atoms with van der Waals surface area (Å²) in [6, 6.07) is 8.75. The molecule has 6 nitrogen and oxygen atoms in total. The third-order valence-electron chi connectivity index (χ3n) is 3.02. The molecule has 6 heteroatoms. The monoisotopic (exact) mass is 287 g/mol. The molecule has 1 amide bonds. The standard InChI is InChI=1S/C15H17N3O3/c1-15(2,14(20)21-3)17-13(19)11-5-7-12(8-6-11)18-10-4-9-16-18/h4-10H,1-3H3,(H,17,19). The fourth-order valence-electron chi connectivity index (χ4n) is 1.85. The molecule has 0 aliphatic rings. The maximum absolute atomic E-state index is 12.1. The second-order valence-electron chi connectivity index (χ2n) is 5.07. The lowest BCUT2D eigenvalue weighted by Gasteiger charge is -2.23. The number of nitrogens with one attached hydrogen (secondary N) is 1. The lowest BCUT2D eigenvalue weighted by Crippen LogP contribution is -2.50. The Morgan fingerprint density at radius 3 is 2.43 bits per heavy atom. The Hall–Kier alpha value is -2.63. The van der Waals surface area contributed by atoms with E-state index in [0.29, 0.717) is 5.56 Å². The molecule has 0 fully saturated rings. The van der Waals surface area contributed by atoms with Gasteiger partial charge in [-0.15, -0.1) is 0 Å². The van der Waals surface area contributed by atoms with Gasteiger partial charge in [0.15, 0.2) is 0 Å². The lowest BCUT2D eigenvalue weighted by molar-refractivity contribution is -0.146. The van der Waals surface area contributed by atoms with Crippen LogP contribution < -0.4 is 5.32 Å². The first-order valence-electron chi connectivity index (χ1n) is 6.45. The first kappa shape index (κ1) is 14.8. The molecule has 21 heavy (non-hydrogen) atoms. The average Bonchev–Trinajstić information content (AvgIpc) is 3.00. The van der Waals surface area contributed by atoms with Crippen LogP contribution in [0.5, 0.6) is 0 Å². The zero-order valence-corrected chi connectivity index (χ0v) is 12.2. The number of aromatic nitrogens is 2. The van der Waals surface area contributed by atoms with Crippen LogP contribution in [0.1, 0.15) is 24.2 Å². The minimum atomic E-state index is -1.08. The van der Waals surface area contributed by atoms with Crippen LogP contribution in [0.15, 0.2) is 42.7 Å². The SMILES string of the molecule is COC(=O)C(C)(C)NC(=O)c1ccc(-n2cccn2)cc1. The van der Waals surface area contributed by atoms with E-state index in [1.54, 1.807) is 49.0 Å². The Labute approximate surface area is 122 Å². The second-order valence-corrected chi connectivity index (χ2v) is 5.07. The zero-order chi connectivity index (χ0) is 15.5. The van der Waals surface area contributed by atoms with Crippen LogP contribution in [-0.2, 0) is 9.53 Å². The number of nitrogens with zero attached hydrogens (tertiary/aromatic N) is 2. The minimum absolute atomic E-state index is 0.336. The van der Waals surface area contributed by atoms with Gasteiger partial charge >= 0.3 is 5.97 Å². The third-order valence-corrected chi connectivity index (χ3v) is 3.02. The number of methoxy groups -OCH3 is 1. The molecule has 110 valence electrons. The Kier molecular flexibility index (Phi) is 4.07. The summed E-state index contributed by atoms with van der Waals surface area (Å²) < 4.78 is 6.35. The van der Waals surface area contributed by atoms with Crippen molar-refractivity contribution in [2.75, 3.05) is 7.11 Å². The molecule has 2 aromatic rings. The number of hydrogen-bond donors (Lipinski definition) is 1. The fourth-order valence-corrected chi connectivity index (χ4v) is 1.85. The molecular formula is C15H17N3O3. The van der Waals surface area contributed by atoms with Crippen molar-refractivity contribution < 1.29 is 14.3 Å². The summed E-state index contributed by atoms with van der Waals surface area (Å²) >= 11 is 0. The smallest absolute Gasteiger partial charge is 0.330 e. The van der Waals surface area contributed by atoms with E-state index < -0.39 is 11.5 Å². The minimum Gasteiger partial charge on any atom is -0.467 e. The van der Waals surface area contributed by atoms with Crippen molar-refractivity contribution in [3.63, 3.8) is 0 Å². The van der Waals surface area contributed by atoms with Gasteiger partial charge in [0.05, 0.1) is 12.8 Å². The fraction of sp³-hybridized carbons (Fsp3) is 0.267. The van der Waals surface area contributed by atoms with E-state index in [1.165, 1.54) is 7.11 Å². The van der Waals surface area contributed by atoms with Crippen molar-refractivity contribution in [1.82, 2.24) is 15.1 Å². The van der Waals surface area contributed by atoms with Gasteiger partial charge < -0.3 is 10.1 Å². The molecule has 1 heterocycles. The van der Waals surface area contributed by atoms with E-state index in [0.717, 1.165) is 5.69 Å². The molecule has 0 aliphatic heterocycles. The molecule has 0 saturated heterocycles. The first-order valence-corrected chi connectivity index (χ1v) is 6.45. The van der Waals surface area contributed by atoms with Crippen LogP contribution in [0, 0.1) is 0 Å². The number of rotatable bonds is 4. The van der Waals surface area contributed by atoms with E-state index in [9.17, 15) is 9.59 Å². The topological polar surface area (TPSA) is 73.2 Å². The van der Waals surface area contributed by atoms with Crippen LogP contribution in [0.25, 0.3) is 5.69 Å². The number of carbonyl (C=O) groups is 2. The van der Waals surface area contributed by atoms with Gasteiger partial charge in [-0.25, -0.2) is 9.48 Å². The van der Waals surface area contributed by atoms with Crippen LogP contribution in [0.2, 0.25) is 0 Å². The predicted octanol–water partition coefficient (Wildman–Crippen LogP) is 1.55. The molecule has 0 unspecified atom stereocenters. The summed E-state index contributed by atoms with van der Waals surface area (Å²) in [6.45, 7) is 3.18. The molecule has 0 bridgehead atoms. The van der Waals surface area contributed by atoms with Crippen LogP contribution in [0.4, 0.5) is 0 Å². The maximum Gasteiger partial charge on any atom is 0.330 e. The predicted molar refractivity (Wildman–Crippen MR) is 77.1 cm³/mol. The molecule has 0 atom stereocenters. The summed E-state index contributed by atoms with van der Waals surface area (Å²) in [7, 11) is 1.29. The van der Waals surface area contributed by atoms with Gasteiger partial charge in [-0.2, -0.15) is 5.10 Å². The number of esters is 1. The number of amides is 1. The Morgan fingerprint density at radius 1 is 1.24 bits per heavy atom. The Bertz CT molecular complexity index is 631. The zero-order valence-electron chi connectivity index (χ0n) is 12.2. The first-order chi connectivity index (χ1) is 9.94. The molecular weight excluding hydrogens is 270 g/mol. The third kappa shape index (κ3) is 3.28. The average molecular weight is 287 g/mol. The molecule has 0 saturated carbocycles. The highest BCUT2D eigenvalue weighted by molar-refractivity contribution is 5.98. The Morgan fingerprint density at radius 2 is 1.90 bits per heavy atom. The quantitative estimate of drug-likeness (QED) is 0.866. The molecule has 1 aromatic heterocycles. The van der Waals surface area contributed by atoms with Crippen molar-refractivity contribution >= 4 is 11.9 Å². The van der Waals surface area contributed by atoms with Crippen LogP contribution >= 0.6 is 0 Å². The number of carbonyl (C=O) groups excluding carboxylic acids is 2. The van der Waals surface area contributed by atoms with Gasteiger partial charge in [-0.1, -0.05) is 0 Å². The van der Waals surface area contributed by atoms with Gasteiger partial charge in [0.25, 0.3) is 5.91 Å². The highest BCUT2D eigenvalue weighted by atomic mass is 16.5. The maximum atomic E-state index is 12.1. The lowest BCUT2D eigenvalue weighted by atomic mass is 10.0. The normalized spacial score (nSPS) is 11.0. The van der Waals surface area contributed by atoms with E-state index in [2.05, 4.69) is 15.2 Å². The van der Waals surface area contributed by atoms with Gasteiger partial charge in [0.2, 0.25) is 0 Å². The summed E-state index contributed by atoms with van der Waals surface area (Å²) in [5.41, 5.74) is 0.235. The van der Waals surface area contributed by atoms with E-state index in [-0.39, 0.29) is 5.91 Å². The number of benzene rings is 1. The van der Waals surface area contributed by atoms with Gasteiger partial charge in [-0.05, 0) is 44.2 Å². The highest BCUT2D eigenvalue weighted by Crippen LogP contribution is 2.11. The van der Waals surface area contributed by atoms with Crippen molar-refractivity contribution in [1.29, 1.82) is 0 Å². The summed E-state index contributed by atoms with van der Waals surface area (Å²) in [5.74, 6) is -0.832. The summed E-state index contributed by atoms with van der Waals surface area (Å²) in [6.07, 6.45) is 3.49. The van der Waals surface area contributed by atoms with E-state index in [1.807, 2.05) is 12.3 Å². The summed E-state index contributed by atoms with van der Waals surface area (Å²) in [5, 5.41) is 6.75. The van der Waals surface area contributed by atoms with Crippen molar-refractivity contribution in [3.05, 3.63) is 48.3 Å². The van der Waals surface area contributed by atoms with Crippen LogP contribution in [0.3, 0.4) is 0 Å². The van der Waals surface area contributed by atoms with Gasteiger partial charge in [-0.3, -0.25) is 4.79 Å². The van der Waals surface area contributed by atoms with Gasteiger partial charge in [0, 0.05) is 18.0 Å². The second kappa shape index (κ2) is 5.78. The molecule has 0 radical (unpaired) electrons. The van der Waals surface area contributed by atoms with Crippen molar-refractivity contribution in [2.24, 2.45) is 0 Å². The summed E-state index contributed by atoms with van der Waals surface area (Å²) in [4.78, 5) is 23.7. The van der Waals surface area contributed by atoms with E-state index >= 15 is 0 Å². The molecule has 0 spiro atoms. The highest BCUT2D eigenvalue weighted by Gasteiger charge is 2.30. The molecule has 0 aliphatic carbocycles. The van der Waals surface area contributed by atoms with Gasteiger partial charge in [0.1, 0.15) is 5.54 Å². The van der Waals surface area contributed by atoms with Crippen molar-refractivity contribution in [3.8, 4) is 5.69 Å². The molecule has 2 rings (SSSR count). The van der Waals surface area contributed by atoms with Crippen LogP contribution in [-0.4, -0.2) is 34.3 Å². The van der Waals surface area contributed by atoms with E-state index in [4.69, 9.17) is 0 Å². The largest absolute Gasteiger partial charge is 0.467 e. The van der Waals surface area contributed by atoms with Crippen molar-refractivity contribution in [2.45, 2.75) is 19.4 Å². The number of hydrogen-bond acceptors (Lipinski definition) is 4. The molecule has 1 aromatic carbocycles.